The maximum absolute atomic E-state index is 14.4. The van der Waals surface area contributed by atoms with Gasteiger partial charge in [-0.25, -0.2) is 4.79 Å². The van der Waals surface area contributed by atoms with E-state index >= 15 is 0 Å². The number of carboxylic acid groups (broad SMARTS) is 1. The lowest BCUT2D eigenvalue weighted by Gasteiger charge is -2.31. The first-order valence-corrected chi connectivity index (χ1v) is 23.1. The van der Waals surface area contributed by atoms with Gasteiger partial charge in [-0.1, -0.05) is 26.0 Å². The number of amides is 11. The maximum Gasteiger partial charge on any atom is 0.328 e. The number of carbonyl (C=O) groups is 12. The van der Waals surface area contributed by atoms with Crippen molar-refractivity contribution in [2.45, 2.75) is 139 Å². The number of nitrogens with zero attached hydrogens (tertiary/aromatic N) is 1. The molecule has 0 aromatic heterocycles. The van der Waals surface area contributed by atoms with E-state index in [1.165, 1.54) is 24.3 Å². The van der Waals surface area contributed by atoms with Crippen LogP contribution >= 0.6 is 0 Å². The molecular weight excluding hydrogens is 969 g/mol. The molecule has 20 N–H and O–H groups in total. The minimum Gasteiger partial charge on any atom is -0.508 e. The number of nitrogens with two attached hydrogens (primary N) is 4. The Morgan fingerprint density at radius 2 is 1.11 bits per heavy atom. The number of nitrogens with one attached hydrogen (secondary N) is 7. The maximum atomic E-state index is 14.4. The molecule has 1 aliphatic rings. The first-order chi connectivity index (χ1) is 34.2. The van der Waals surface area contributed by atoms with Crippen LogP contribution in [0.4, 0.5) is 0 Å². The highest BCUT2D eigenvalue weighted by Crippen LogP contribution is 2.21. The summed E-state index contributed by atoms with van der Waals surface area (Å²) in [6.45, 7) is 2.29. The van der Waals surface area contributed by atoms with Crippen molar-refractivity contribution in [3.63, 3.8) is 0 Å². The second kappa shape index (κ2) is 29.7. The Labute approximate surface area is 418 Å². The molecule has 73 heavy (non-hydrogen) atoms. The summed E-state index contributed by atoms with van der Waals surface area (Å²) in [7, 11) is 0. The molecule has 1 saturated heterocycles. The molecule has 29 heteroatoms. The van der Waals surface area contributed by atoms with Crippen LogP contribution in [0.15, 0.2) is 24.3 Å². The zero-order chi connectivity index (χ0) is 55.3. The molecule has 11 amide bonds. The molecule has 1 aromatic rings. The summed E-state index contributed by atoms with van der Waals surface area (Å²) in [5.74, 6) is -13.2. The predicted octanol–water partition coefficient (Wildman–Crippen LogP) is -7.45. The fourth-order valence-electron chi connectivity index (χ4n) is 7.34. The number of benzene rings is 1. The summed E-state index contributed by atoms with van der Waals surface area (Å²) in [6.07, 6.45) is -3.74. The number of aliphatic carboxylic acids is 1. The Hall–Kier alpha value is -7.50. The third-order valence-electron chi connectivity index (χ3n) is 11.2. The van der Waals surface area contributed by atoms with E-state index in [4.69, 9.17) is 22.9 Å². The van der Waals surface area contributed by atoms with Crippen molar-refractivity contribution in [1.29, 1.82) is 0 Å². The molecule has 10 atom stereocenters. The van der Waals surface area contributed by atoms with E-state index in [2.05, 4.69) is 37.2 Å². The second-order valence-corrected chi connectivity index (χ2v) is 17.8. The van der Waals surface area contributed by atoms with E-state index in [0.29, 0.717) is 5.56 Å². The van der Waals surface area contributed by atoms with Gasteiger partial charge in [0.1, 0.15) is 48.0 Å². The number of primary amides is 3. The van der Waals surface area contributed by atoms with Crippen molar-refractivity contribution < 1.29 is 83.1 Å². The van der Waals surface area contributed by atoms with Gasteiger partial charge in [-0.05, 0) is 62.6 Å². The molecule has 29 nitrogen and oxygen atoms in total. The van der Waals surface area contributed by atoms with E-state index in [1.54, 1.807) is 13.8 Å². The van der Waals surface area contributed by atoms with Gasteiger partial charge in [0.25, 0.3) is 0 Å². The van der Waals surface area contributed by atoms with E-state index in [-0.39, 0.29) is 56.7 Å². The van der Waals surface area contributed by atoms with Gasteiger partial charge in [0, 0.05) is 25.8 Å². The van der Waals surface area contributed by atoms with Crippen molar-refractivity contribution in [3.8, 4) is 5.75 Å². The van der Waals surface area contributed by atoms with Gasteiger partial charge >= 0.3 is 5.97 Å². The van der Waals surface area contributed by atoms with Crippen molar-refractivity contribution in [1.82, 2.24) is 42.1 Å². The standard InChI is InChI=1S/C44H68N12O17/c1-20(2)15-26(39(67)55-35(21(3)59)44(72)73)51-42(70)31-5-4-14-56(31)43(71)28(16-22-6-8-23(60)9-7-22)52-41(69)30(19-58)54-38(66)27(17-34(48)63)50-40(68)29(18-57)53-37(65)25(11-13-33(47)62)49-36(64)24(45)10-12-32(46)61/h6-9,20-21,24-31,35,57-60H,4-5,10-19,45H2,1-3H3,(H2,46,61)(H2,47,62)(H2,48,63)(H,49,64)(H,50,68)(H,51,70)(H,52,69)(H,53,65)(H,54,66)(H,55,67)(H,72,73)/t21-,24+,25+,26+,27+,28+,29+,30+,31+,35+/m1/s1. The fraction of sp³-hybridized carbons (Fsp3) is 0.591. The van der Waals surface area contributed by atoms with Gasteiger partial charge in [-0.3, -0.25) is 52.7 Å². The van der Waals surface area contributed by atoms with Crippen molar-refractivity contribution >= 4 is 70.9 Å². The van der Waals surface area contributed by atoms with Gasteiger partial charge in [0.05, 0.1) is 31.8 Å². The lowest BCUT2D eigenvalue weighted by molar-refractivity contribution is -0.146. The molecule has 1 aromatic carbocycles. The van der Waals surface area contributed by atoms with Crippen molar-refractivity contribution in [2.75, 3.05) is 19.8 Å². The van der Waals surface area contributed by atoms with Crippen molar-refractivity contribution in [2.24, 2.45) is 28.9 Å². The third kappa shape index (κ3) is 20.6. The number of rotatable bonds is 31. The molecule has 406 valence electrons. The Morgan fingerprint density at radius 1 is 0.630 bits per heavy atom. The van der Waals surface area contributed by atoms with Crippen LogP contribution in [0.3, 0.4) is 0 Å². The zero-order valence-corrected chi connectivity index (χ0v) is 40.5. The Bertz CT molecular complexity index is 2160. The number of aliphatic hydroxyl groups excluding tert-OH is 3. The average molecular weight is 1040 g/mol. The van der Waals surface area contributed by atoms with E-state index in [9.17, 15) is 83.1 Å². The first-order valence-electron chi connectivity index (χ1n) is 23.1. The number of phenols is 1. The normalized spacial score (nSPS) is 16.9. The number of hydrogen-bond acceptors (Lipinski definition) is 17. The van der Waals surface area contributed by atoms with Gasteiger partial charge < -0.3 is 90.6 Å². The second-order valence-electron chi connectivity index (χ2n) is 17.8. The quantitative estimate of drug-likeness (QED) is 0.0328. The number of aliphatic hydroxyl groups is 3. The largest absolute Gasteiger partial charge is 0.508 e. The molecule has 1 heterocycles. The summed E-state index contributed by atoms with van der Waals surface area (Å²) >= 11 is 0. The van der Waals surface area contributed by atoms with Crippen LogP contribution in [0.2, 0.25) is 0 Å². The molecule has 0 unspecified atom stereocenters. The van der Waals surface area contributed by atoms with Gasteiger partial charge in [0.2, 0.25) is 65.0 Å². The van der Waals surface area contributed by atoms with Crippen LogP contribution in [-0.2, 0) is 64.0 Å². The van der Waals surface area contributed by atoms with Gasteiger partial charge in [-0.15, -0.1) is 0 Å². The number of likely N-dealkylation sites (tertiary alicyclic amines) is 1. The first kappa shape index (κ1) is 61.6. The third-order valence-corrected chi connectivity index (χ3v) is 11.2. The van der Waals surface area contributed by atoms with Gasteiger partial charge in [-0.2, -0.15) is 0 Å². The Morgan fingerprint density at radius 3 is 1.60 bits per heavy atom. The molecule has 2 rings (SSSR count). The number of aromatic hydroxyl groups is 1. The predicted molar refractivity (Wildman–Crippen MR) is 252 cm³/mol. The SMILES string of the molecule is CC(C)C[C@H](NC(=O)[C@@H]1CCCN1C(=O)[C@H](Cc1ccc(O)cc1)NC(=O)[C@H](CO)NC(=O)[C@H](CC(N)=O)NC(=O)[C@H](CO)NC(=O)[C@H](CCC(N)=O)NC(=O)[C@@H](N)CCC(N)=O)C(=O)N[C@H](C(=O)O)[C@@H](C)O. The lowest BCUT2D eigenvalue weighted by Crippen LogP contribution is -2.61. The highest BCUT2D eigenvalue weighted by atomic mass is 16.4. The molecular formula is C44H68N12O17. The fourth-order valence-corrected chi connectivity index (χ4v) is 7.34. The van der Waals surface area contributed by atoms with Crippen LogP contribution in [0.1, 0.15) is 77.7 Å². The summed E-state index contributed by atoms with van der Waals surface area (Å²) in [5, 5.41) is 65.5. The topological polar surface area (TPSA) is 498 Å². The Balaban J connectivity index is 2.35. The Kier molecular flexibility index (Phi) is 25.1. The van der Waals surface area contributed by atoms with Crippen LogP contribution in [-0.4, -0.2) is 182 Å². The molecule has 0 bridgehead atoms. The molecule has 1 fully saturated rings. The molecule has 1 aliphatic heterocycles. The van der Waals surface area contributed by atoms with Gasteiger partial charge in [0.15, 0.2) is 6.04 Å². The molecule has 0 radical (unpaired) electrons. The number of hydrogen-bond donors (Lipinski definition) is 16. The van der Waals surface area contributed by atoms with E-state index in [1.807, 2.05) is 0 Å². The summed E-state index contributed by atoms with van der Waals surface area (Å²) in [5.41, 5.74) is 21.8. The molecule has 0 saturated carbocycles. The number of phenolic OH excluding ortho intramolecular Hbond substituents is 1. The molecule has 0 aliphatic carbocycles. The highest BCUT2D eigenvalue weighted by molar-refractivity contribution is 5.99. The smallest absolute Gasteiger partial charge is 0.328 e. The number of carbonyl (C=O) groups excluding carboxylic acids is 11. The van der Waals surface area contributed by atoms with Crippen LogP contribution in [0.25, 0.3) is 0 Å². The average Bonchev–Trinajstić information content (AvgIpc) is 3.81. The van der Waals surface area contributed by atoms with Crippen LogP contribution in [0.5, 0.6) is 5.75 Å². The lowest BCUT2D eigenvalue weighted by atomic mass is 10.0. The highest BCUT2D eigenvalue weighted by Gasteiger charge is 2.41. The van der Waals surface area contributed by atoms with E-state index < -0.39 is 164 Å². The summed E-state index contributed by atoms with van der Waals surface area (Å²) < 4.78 is 0. The van der Waals surface area contributed by atoms with Crippen molar-refractivity contribution in [3.05, 3.63) is 29.8 Å². The number of carboxylic acids is 1. The molecule has 0 spiro atoms. The monoisotopic (exact) mass is 1040 g/mol. The summed E-state index contributed by atoms with van der Waals surface area (Å²) in [4.78, 5) is 156. The summed E-state index contributed by atoms with van der Waals surface area (Å²) in [6, 6.07) is -9.06. The van der Waals surface area contributed by atoms with Crippen LogP contribution < -0.4 is 60.2 Å². The van der Waals surface area contributed by atoms with E-state index in [0.717, 1.165) is 11.8 Å². The minimum atomic E-state index is -1.95. The minimum absolute atomic E-state index is 0.0256. The zero-order valence-electron chi connectivity index (χ0n) is 40.5. The van der Waals surface area contributed by atoms with Crippen LogP contribution in [0, 0.1) is 5.92 Å².